The van der Waals surface area contributed by atoms with Crippen LogP contribution in [0.3, 0.4) is 0 Å². The highest BCUT2D eigenvalue weighted by molar-refractivity contribution is 6.05. The molecule has 5 nitrogen and oxygen atoms in total. The molecule has 1 aromatic carbocycles. The zero-order valence-corrected chi connectivity index (χ0v) is 11.6. The maximum absolute atomic E-state index is 12.2. The van der Waals surface area contributed by atoms with Gasteiger partial charge in [-0.1, -0.05) is 0 Å². The zero-order valence-electron chi connectivity index (χ0n) is 11.6. The van der Waals surface area contributed by atoms with Crippen molar-refractivity contribution in [1.82, 2.24) is 4.98 Å². The summed E-state index contributed by atoms with van der Waals surface area (Å²) in [5.41, 5.74) is 2.06. The molecule has 1 N–H and O–H groups in total. The Bertz CT molecular complexity index is 626. The number of rotatable bonds is 4. The second-order valence-electron chi connectivity index (χ2n) is 4.21. The van der Waals surface area contributed by atoms with E-state index in [1.54, 1.807) is 50.9 Å². The number of benzene rings is 1. The van der Waals surface area contributed by atoms with E-state index in [1.165, 1.54) is 0 Å². The normalized spacial score (nSPS) is 9.95. The molecule has 0 aliphatic carbocycles. The van der Waals surface area contributed by atoms with Crippen molar-refractivity contribution in [3.05, 3.63) is 47.8 Å². The number of pyridine rings is 1. The lowest BCUT2D eigenvalue weighted by atomic mass is 10.1. The average Bonchev–Trinajstić information content (AvgIpc) is 2.47. The van der Waals surface area contributed by atoms with Crippen molar-refractivity contribution < 1.29 is 14.3 Å². The summed E-state index contributed by atoms with van der Waals surface area (Å²) in [6.07, 6.45) is 3.25. The lowest BCUT2D eigenvalue weighted by Crippen LogP contribution is -2.13. The Kier molecular flexibility index (Phi) is 4.20. The Morgan fingerprint density at radius 3 is 2.55 bits per heavy atom. The number of methoxy groups -OCH3 is 2. The molecule has 0 radical (unpaired) electrons. The summed E-state index contributed by atoms with van der Waals surface area (Å²) < 4.78 is 10.4. The minimum Gasteiger partial charge on any atom is -0.493 e. The van der Waals surface area contributed by atoms with Crippen LogP contribution in [-0.2, 0) is 0 Å². The van der Waals surface area contributed by atoms with Crippen molar-refractivity contribution in [2.75, 3.05) is 19.5 Å². The minimum atomic E-state index is -0.183. The van der Waals surface area contributed by atoms with Gasteiger partial charge in [0.2, 0.25) is 0 Å². The van der Waals surface area contributed by atoms with Crippen LogP contribution in [0, 0.1) is 6.92 Å². The third kappa shape index (κ3) is 2.88. The van der Waals surface area contributed by atoms with Crippen LogP contribution in [0.25, 0.3) is 0 Å². The van der Waals surface area contributed by atoms with Crippen LogP contribution in [0.2, 0.25) is 0 Å². The van der Waals surface area contributed by atoms with Crippen LogP contribution in [0.5, 0.6) is 11.5 Å². The number of hydrogen-bond donors (Lipinski definition) is 1. The number of hydrogen-bond acceptors (Lipinski definition) is 4. The number of carbonyl (C=O) groups excluding carboxylic acids is 1. The molecule has 0 saturated heterocycles. The Morgan fingerprint density at radius 2 is 1.90 bits per heavy atom. The van der Waals surface area contributed by atoms with Crippen molar-refractivity contribution >= 4 is 11.6 Å². The van der Waals surface area contributed by atoms with Gasteiger partial charge in [-0.15, -0.1) is 0 Å². The van der Waals surface area contributed by atoms with E-state index in [9.17, 15) is 4.79 Å². The molecule has 1 heterocycles. The van der Waals surface area contributed by atoms with E-state index in [-0.39, 0.29) is 5.91 Å². The molecule has 20 heavy (non-hydrogen) atoms. The third-order valence-corrected chi connectivity index (χ3v) is 2.91. The number of carbonyl (C=O) groups is 1. The van der Waals surface area contributed by atoms with E-state index in [0.29, 0.717) is 22.7 Å². The lowest BCUT2D eigenvalue weighted by Gasteiger charge is -2.11. The first-order chi connectivity index (χ1) is 9.65. The molecular formula is C15H16N2O3. The molecule has 2 rings (SSSR count). The van der Waals surface area contributed by atoms with E-state index in [0.717, 1.165) is 5.56 Å². The summed E-state index contributed by atoms with van der Waals surface area (Å²) >= 11 is 0. The molecule has 1 amide bonds. The summed E-state index contributed by atoms with van der Waals surface area (Å²) in [7, 11) is 3.12. The first-order valence-electron chi connectivity index (χ1n) is 6.09. The highest BCUT2D eigenvalue weighted by Gasteiger charge is 2.11. The van der Waals surface area contributed by atoms with E-state index in [1.807, 2.05) is 6.92 Å². The molecule has 2 aromatic rings. The number of ether oxygens (including phenoxy) is 2. The quantitative estimate of drug-likeness (QED) is 0.929. The fourth-order valence-electron chi connectivity index (χ4n) is 1.84. The van der Waals surface area contributed by atoms with Gasteiger partial charge in [0.05, 0.1) is 14.2 Å². The van der Waals surface area contributed by atoms with E-state index in [2.05, 4.69) is 10.3 Å². The van der Waals surface area contributed by atoms with Gasteiger partial charge in [-0.05, 0) is 30.7 Å². The van der Waals surface area contributed by atoms with Gasteiger partial charge in [0.15, 0.2) is 11.5 Å². The van der Waals surface area contributed by atoms with Crippen LogP contribution in [0.4, 0.5) is 5.69 Å². The van der Waals surface area contributed by atoms with Crippen molar-refractivity contribution in [2.24, 2.45) is 0 Å². The van der Waals surface area contributed by atoms with Gasteiger partial charge in [0, 0.05) is 29.7 Å². The SMILES string of the molecule is COc1ccc(NC(=O)c2ccncc2C)cc1OC. The minimum absolute atomic E-state index is 0.183. The number of aromatic nitrogens is 1. The standard InChI is InChI=1S/C15H16N2O3/c1-10-9-16-7-6-12(10)15(18)17-11-4-5-13(19-2)14(8-11)20-3/h4-9H,1-3H3,(H,17,18). The van der Waals surface area contributed by atoms with Crippen molar-refractivity contribution in [3.8, 4) is 11.5 Å². The maximum atomic E-state index is 12.2. The van der Waals surface area contributed by atoms with Crippen molar-refractivity contribution in [2.45, 2.75) is 6.92 Å². The summed E-state index contributed by atoms with van der Waals surface area (Å²) in [6.45, 7) is 1.84. The number of aryl methyl sites for hydroxylation is 1. The van der Waals surface area contributed by atoms with Crippen LogP contribution < -0.4 is 14.8 Å². The average molecular weight is 272 g/mol. The first-order valence-corrected chi connectivity index (χ1v) is 6.09. The number of nitrogens with one attached hydrogen (secondary N) is 1. The van der Waals surface area contributed by atoms with Gasteiger partial charge >= 0.3 is 0 Å². The topological polar surface area (TPSA) is 60.5 Å². The van der Waals surface area contributed by atoms with Crippen LogP contribution in [0.1, 0.15) is 15.9 Å². The Labute approximate surface area is 117 Å². The van der Waals surface area contributed by atoms with Gasteiger partial charge in [-0.3, -0.25) is 9.78 Å². The molecule has 0 fully saturated rings. The van der Waals surface area contributed by atoms with Gasteiger partial charge in [0.1, 0.15) is 0 Å². The second kappa shape index (κ2) is 6.06. The smallest absolute Gasteiger partial charge is 0.256 e. The van der Waals surface area contributed by atoms with Crippen LogP contribution in [-0.4, -0.2) is 25.1 Å². The molecule has 0 atom stereocenters. The molecule has 0 saturated carbocycles. The molecule has 1 aromatic heterocycles. The van der Waals surface area contributed by atoms with Crippen molar-refractivity contribution in [3.63, 3.8) is 0 Å². The molecule has 0 unspecified atom stereocenters. The molecule has 5 heteroatoms. The van der Waals surface area contributed by atoms with Gasteiger partial charge in [-0.25, -0.2) is 0 Å². The predicted molar refractivity (Wildman–Crippen MR) is 76.5 cm³/mol. The van der Waals surface area contributed by atoms with Crippen LogP contribution in [0.15, 0.2) is 36.7 Å². The third-order valence-electron chi connectivity index (χ3n) is 2.91. The lowest BCUT2D eigenvalue weighted by molar-refractivity contribution is 0.102. The molecule has 0 spiro atoms. The molecule has 0 aliphatic heterocycles. The highest BCUT2D eigenvalue weighted by Crippen LogP contribution is 2.29. The highest BCUT2D eigenvalue weighted by atomic mass is 16.5. The summed E-state index contributed by atoms with van der Waals surface area (Å²) in [5.74, 6) is 1.000. The van der Waals surface area contributed by atoms with Gasteiger partial charge < -0.3 is 14.8 Å². The zero-order chi connectivity index (χ0) is 14.5. The van der Waals surface area contributed by atoms with Crippen molar-refractivity contribution in [1.29, 1.82) is 0 Å². The predicted octanol–water partition coefficient (Wildman–Crippen LogP) is 2.66. The Balaban J connectivity index is 2.22. The Hall–Kier alpha value is -2.56. The second-order valence-corrected chi connectivity index (χ2v) is 4.21. The molecule has 0 bridgehead atoms. The number of amides is 1. The largest absolute Gasteiger partial charge is 0.493 e. The van der Waals surface area contributed by atoms with Gasteiger partial charge in [-0.2, -0.15) is 0 Å². The summed E-state index contributed by atoms with van der Waals surface area (Å²) in [5, 5.41) is 2.82. The first kappa shape index (κ1) is 13.9. The van der Waals surface area contributed by atoms with E-state index >= 15 is 0 Å². The monoisotopic (exact) mass is 272 g/mol. The Morgan fingerprint density at radius 1 is 1.15 bits per heavy atom. The summed E-state index contributed by atoms with van der Waals surface area (Å²) in [6, 6.07) is 6.91. The van der Waals surface area contributed by atoms with Gasteiger partial charge in [0.25, 0.3) is 5.91 Å². The fourth-order valence-corrected chi connectivity index (χ4v) is 1.84. The van der Waals surface area contributed by atoms with E-state index in [4.69, 9.17) is 9.47 Å². The summed E-state index contributed by atoms with van der Waals surface area (Å²) in [4.78, 5) is 16.1. The molecule has 0 aliphatic rings. The molecular weight excluding hydrogens is 256 g/mol. The maximum Gasteiger partial charge on any atom is 0.256 e. The number of anilines is 1. The van der Waals surface area contributed by atoms with Crippen LogP contribution >= 0.6 is 0 Å². The number of nitrogens with zero attached hydrogens (tertiary/aromatic N) is 1. The fraction of sp³-hybridized carbons (Fsp3) is 0.200. The molecule has 104 valence electrons. The van der Waals surface area contributed by atoms with E-state index < -0.39 is 0 Å².